The molecule has 0 unspecified atom stereocenters. The molecule has 7 nitrogen and oxygen atoms in total. The van der Waals surface area contributed by atoms with E-state index < -0.39 is 11.9 Å². The zero-order chi connectivity index (χ0) is 28.8. The molecular formula is C32H34N2O5S. The molecule has 0 fully saturated rings. The van der Waals surface area contributed by atoms with Crippen LogP contribution in [0.25, 0.3) is 6.08 Å². The summed E-state index contributed by atoms with van der Waals surface area (Å²) < 4.78 is 16.9. The van der Waals surface area contributed by atoms with E-state index in [1.54, 1.807) is 32.2 Å². The Kier molecular flexibility index (Phi) is 9.28. The number of anilines is 1. The number of hydrogen-bond acceptors (Lipinski definition) is 7. The number of methoxy groups -OCH3 is 1. The molecule has 0 saturated carbocycles. The SMILES string of the molecule is CCOC(=O)c1c(NC(=O)C(C#N)=Cc2ccc(OCc3c(C)cc(C)cc3C)c(OC)c2)sc2c1CCCC2. The van der Waals surface area contributed by atoms with Crippen LogP contribution in [0.1, 0.15) is 68.4 Å². The van der Waals surface area contributed by atoms with Crippen molar-refractivity contribution in [1.29, 1.82) is 5.26 Å². The van der Waals surface area contributed by atoms with Gasteiger partial charge in [-0.3, -0.25) is 4.79 Å². The minimum atomic E-state index is -0.587. The first-order valence-electron chi connectivity index (χ1n) is 13.4. The highest BCUT2D eigenvalue weighted by Crippen LogP contribution is 2.39. The van der Waals surface area contributed by atoms with Crippen LogP contribution in [0.15, 0.2) is 35.9 Å². The van der Waals surface area contributed by atoms with Gasteiger partial charge in [0.1, 0.15) is 23.3 Å². The number of rotatable bonds is 9. The fraction of sp³-hybridized carbons (Fsp3) is 0.344. The molecule has 0 radical (unpaired) electrons. The summed E-state index contributed by atoms with van der Waals surface area (Å²) in [6, 6.07) is 11.5. The zero-order valence-electron chi connectivity index (χ0n) is 23.6. The molecule has 4 rings (SSSR count). The lowest BCUT2D eigenvalue weighted by molar-refractivity contribution is -0.112. The van der Waals surface area contributed by atoms with E-state index in [2.05, 4.69) is 38.2 Å². The number of thiophene rings is 1. The number of benzene rings is 2. The third kappa shape index (κ3) is 6.37. The van der Waals surface area contributed by atoms with Crippen LogP contribution in [-0.2, 0) is 29.0 Å². The molecule has 0 spiro atoms. The van der Waals surface area contributed by atoms with Crippen LogP contribution in [0.4, 0.5) is 5.00 Å². The largest absolute Gasteiger partial charge is 0.493 e. The summed E-state index contributed by atoms with van der Waals surface area (Å²) in [4.78, 5) is 27.0. The van der Waals surface area contributed by atoms with Crippen molar-refractivity contribution in [1.82, 2.24) is 0 Å². The molecule has 8 heteroatoms. The summed E-state index contributed by atoms with van der Waals surface area (Å²) in [5.74, 6) is 0.0157. The zero-order valence-corrected chi connectivity index (χ0v) is 24.4. The average molecular weight is 559 g/mol. The van der Waals surface area contributed by atoms with Crippen molar-refractivity contribution in [3.05, 3.63) is 79.7 Å². The lowest BCUT2D eigenvalue weighted by Crippen LogP contribution is -2.16. The van der Waals surface area contributed by atoms with Crippen molar-refractivity contribution in [2.45, 2.75) is 60.0 Å². The van der Waals surface area contributed by atoms with Crippen molar-refractivity contribution in [2.24, 2.45) is 0 Å². The van der Waals surface area contributed by atoms with Crippen molar-refractivity contribution >= 4 is 34.3 Å². The van der Waals surface area contributed by atoms with Gasteiger partial charge in [-0.05, 0) is 99.4 Å². The Morgan fingerprint density at radius 3 is 2.48 bits per heavy atom. The number of nitrogens with one attached hydrogen (secondary N) is 1. The van der Waals surface area contributed by atoms with Crippen molar-refractivity contribution in [3.8, 4) is 17.6 Å². The van der Waals surface area contributed by atoms with Crippen LogP contribution < -0.4 is 14.8 Å². The van der Waals surface area contributed by atoms with Crippen LogP contribution >= 0.6 is 11.3 Å². The molecule has 0 atom stereocenters. The Bertz CT molecular complexity index is 1490. The van der Waals surface area contributed by atoms with Gasteiger partial charge in [0.25, 0.3) is 5.91 Å². The van der Waals surface area contributed by atoms with E-state index in [1.165, 1.54) is 34.1 Å². The molecular weight excluding hydrogens is 524 g/mol. The maximum Gasteiger partial charge on any atom is 0.341 e. The molecule has 0 bridgehead atoms. The van der Waals surface area contributed by atoms with Crippen LogP contribution in [-0.4, -0.2) is 25.6 Å². The highest BCUT2D eigenvalue weighted by Gasteiger charge is 2.28. The third-order valence-corrected chi connectivity index (χ3v) is 8.16. The molecule has 1 aliphatic carbocycles. The number of carbonyl (C=O) groups is 2. The second-order valence-electron chi connectivity index (χ2n) is 9.84. The summed E-state index contributed by atoms with van der Waals surface area (Å²) in [6.45, 7) is 8.59. The normalized spacial score (nSPS) is 12.8. The molecule has 0 saturated heterocycles. The first kappa shape index (κ1) is 28.9. The second kappa shape index (κ2) is 12.8. The summed E-state index contributed by atoms with van der Waals surface area (Å²) in [5.41, 5.74) is 6.53. The standard InChI is InChI=1S/C32H34N2O5S/c1-6-38-32(36)29-24-9-7-8-10-28(24)40-31(29)34-30(35)23(17-33)15-22-11-12-26(27(16-22)37-5)39-18-25-20(3)13-19(2)14-21(25)4/h11-16H,6-10,18H2,1-5H3,(H,34,35). The van der Waals surface area contributed by atoms with Gasteiger partial charge in [0.2, 0.25) is 0 Å². The van der Waals surface area contributed by atoms with Crippen LogP contribution in [0.3, 0.4) is 0 Å². The van der Waals surface area contributed by atoms with Crippen LogP contribution in [0, 0.1) is 32.1 Å². The molecule has 0 aliphatic heterocycles. The van der Waals surface area contributed by atoms with Crippen molar-refractivity contribution < 1.29 is 23.8 Å². The van der Waals surface area contributed by atoms with Gasteiger partial charge in [-0.25, -0.2) is 4.79 Å². The number of hydrogen-bond donors (Lipinski definition) is 1. The first-order valence-corrected chi connectivity index (χ1v) is 14.2. The molecule has 3 aromatic rings. The van der Waals surface area contributed by atoms with Crippen LogP contribution in [0.5, 0.6) is 11.5 Å². The molecule has 2 aromatic carbocycles. The topological polar surface area (TPSA) is 97.7 Å². The van der Waals surface area contributed by atoms with Gasteiger partial charge in [-0.1, -0.05) is 23.8 Å². The van der Waals surface area contributed by atoms with Gasteiger partial charge in [0, 0.05) is 4.88 Å². The fourth-order valence-electron chi connectivity index (χ4n) is 5.04. The predicted molar refractivity (Wildman–Crippen MR) is 157 cm³/mol. The Morgan fingerprint density at radius 2 is 1.80 bits per heavy atom. The molecule has 208 valence electrons. The van der Waals surface area contributed by atoms with E-state index in [9.17, 15) is 14.9 Å². The Balaban J connectivity index is 1.55. The molecule has 1 aromatic heterocycles. The number of nitrogens with zero attached hydrogens (tertiary/aromatic N) is 1. The number of fused-ring (bicyclic) bond motifs is 1. The van der Waals surface area contributed by atoms with E-state index in [1.807, 2.05) is 6.07 Å². The monoisotopic (exact) mass is 558 g/mol. The van der Waals surface area contributed by atoms with Gasteiger partial charge >= 0.3 is 5.97 Å². The summed E-state index contributed by atoms with van der Waals surface area (Å²) >= 11 is 1.39. The Labute approximate surface area is 239 Å². The number of aryl methyl sites for hydroxylation is 4. The quantitative estimate of drug-likeness (QED) is 0.175. The molecule has 1 amide bonds. The third-order valence-electron chi connectivity index (χ3n) is 6.95. The molecule has 1 heterocycles. The number of carbonyl (C=O) groups excluding carboxylic acids is 2. The number of nitriles is 1. The molecule has 1 N–H and O–H groups in total. The minimum absolute atomic E-state index is 0.0946. The summed E-state index contributed by atoms with van der Waals surface area (Å²) in [7, 11) is 1.55. The maximum absolute atomic E-state index is 13.2. The number of amides is 1. The van der Waals surface area contributed by atoms with Crippen molar-refractivity contribution in [2.75, 3.05) is 19.0 Å². The highest BCUT2D eigenvalue weighted by molar-refractivity contribution is 7.17. The smallest absolute Gasteiger partial charge is 0.341 e. The summed E-state index contributed by atoms with van der Waals surface area (Å²) in [5, 5.41) is 13.0. The van der Waals surface area contributed by atoms with E-state index in [0.717, 1.165) is 41.7 Å². The summed E-state index contributed by atoms with van der Waals surface area (Å²) in [6.07, 6.45) is 5.15. The fourth-order valence-corrected chi connectivity index (χ4v) is 6.31. The van der Waals surface area contributed by atoms with E-state index in [-0.39, 0.29) is 12.2 Å². The molecule has 40 heavy (non-hydrogen) atoms. The number of esters is 1. The lowest BCUT2D eigenvalue weighted by atomic mass is 9.95. The van der Waals surface area contributed by atoms with Gasteiger partial charge in [-0.2, -0.15) is 5.26 Å². The minimum Gasteiger partial charge on any atom is -0.493 e. The second-order valence-corrected chi connectivity index (χ2v) is 10.9. The highest BCUT2D eigenvalue weighted by atomic mass is 32.1. The first-order chi connectivity index (χ1) is 19.2. The van der Waals surface area contributed by atoms with E-state index in [0.29, 0.717) is 34.2 Å². The predicted octanol–water partition coefficient (Wildman–Crippen LogP) is 6.86. The number of ether oxygens (including phenoxy) is 3. The van der Waals surface area contributed by atoms with Crippen molar-refractivity contribution in [3.63, 3.8) is 0 Å². The maximum atomic E-state index is 13.2. The van der Waals surface area contributed by atoms with Crippen LogP contribution in [0.2, 0.25) is 0 Å². The van der Waals surface area contributed by atoms with Gasteiger partial charge in [0.15, 0.2) is 11.5 Å². The van der Waals surface area contributed by atoms with Gasteiger partial charge in [0.05, 0.1) is 19.3 Å². The Hall–Kier alpha value is -4.09. The van der Waals surface area contributed by atoms with Gasteiger partial charge in [-0.15, -0.1) is 11.3 Å². The lowest BCUT2D eigenvalue weighted by Gasteiger charge is -2.15. The van der Waals surface area contributed by atoms with Gasteiger partial charge < -0.3 is 19.5 Å². The average Bonchev–Trinajstić information content (AvgIpc) is 3.29. The Morgan fingerprint density at radius 1 is 1.07 bits per heavy atom. The molecule has 1 aliphatic rings. The van der Waals surface area contributed by atoms with E-state index >= 15 is 0 Å². The van der Waals surface area contributed by atoms with E-state index in [4.69, 9.17) is 14.2 Å².